The van der Waals surface area contributed by atoms with Crippen molar-refractivity contribution in [3.05, 3.63) is 28.8 Å². The first-order valence-corrected chi connectivity index (χ1v) is 8.65. The highest BCUT2D eigenvalue weighted by Gasteiger charge is 2.31. The fourth-order valence-electron chi connectivity index (χ4n) is 2.88. The van der Waals surface area contributed by atoms with Crippen molar-refractivity contribution in [3.8, 4) is 6.07 Å². The Labute approximate surface area is 149 Å². The van der Waals surface area contributed by atoms with Gasteiger partial charge in [-0.1, -0.05) is 17.7 Å². The van der Waals surface area contributed by atoms with Gasteiger partial charge in [0.25, 0.3) is 5.91 Å². The number of quaternary nitrogens is 1. The van der Waals surface area contributed by atoms with Crippen LogP contribution < -0.4 is 9.80 Å². The van der Waals surface area contributed by atoms with E-state index in [1.165, 1.54) is 16.2 Å². The summed E-state index contributed by atoms with van der Waals surface area (Å²) in [5.41, 5.74) is 1.63. The maximum Gasteiger partial charge on any atom is 0.278 e. The Morgan fingerprint density at radius 1 is 1.42 bits per heavy atom. The van der Waals surface area contributed by atoms with Crippen LogP contribution in [0.2, 0.25) is 5.02 Å². The van der Waals surface area contributed by atoms with E-state index in [1.54, 1.807) is 25.8 Å². The molecular formula is C18H26ClN4O+. The Hall–Kier alpha value is -1.77. The van der Waals surface area contributed by atoms with Crippen molar-refractivity contribution in [1.29, 1.82) is 5.26 Å². The molecule has 0 aliphatic carbocycles. The molecule has 2 rings (SSSR count). The molecule has 1 aromatic rings. The number of carbonyl (C=O) groups excluding carboxylic acids is 1. The Kier molecular flexibility index (Phi) is 5.74. The van der Waals surface area contributed by atoms with Crippen LogP contribution in [0.1, 0.15) is 19.4 Å². The average molecular weight is 350 g/mol. The minimum atomic E-state index is -0.768. The number of aryl methyl sites for hydroxylation is 1. The minimum absolute atomic E-state index is 0.0175. The molecule has 1 fully saturated rings. The number of nitrogens with one attached hydrogen (secondary N) is 1. The number of nitriles is 1. The molecule has 0 radical (unpaired) electrons. The van der Waals surface area contributed by atoms with Gasteiger partial charge in [-0.15, -0.1) is 0 Å². The third kappa shape index (κ3) is 4.19. The third-order valence-corrected chi connectivity index (χ3v) is 5.10. The van der Waals surface area contributed by atoms with E-state index in [2.05, 4.69) is 17.9 Å². The molecule has 0 aromatic heterocycles. The summed E-state index contributed by atoms with van der Waals surface area (Å²) in [6, 6.07) is 8.14. The van der Waals surface area contributed by atoms with Gasteiger partial charge < -0.3 is 14.7 Å². The van der Waals surface area contributed by atoms with Crippen molar-refractivity contribution in [2.45, 2.75) is 26.3 Å². The van der Waals surface area contributed by atoms with Crippen molar-refractivity contribution in [2.75, 3.05) is 44.7 Å². The van der Waals surface area contributed by atoms with Gasteiger partial charge in [0.15, 0.2) is 6.54 Å². The SMILES string of the molecule is Cc1ccc(Cl)cc1N1CC[NH+](CC(=O)N(C)C(C)(C)C#N)CC1. The largest absolute Gasteiger partial charge is 0.360 e. The van der Waals surface area contributed by atoms with Gasteiger partial charge in [-0.05, 0) is 38.5 Å². The van der Waals surface area contributed by atoms with Gasteiger partial charge in [-0.2, -0.15) is 5.26 Å². The number of likely N-dealkylation sites (N-methyl/N-ethyl adjacent to an activating group) is 1. The summed E-state index contributed by atoms with van der Waals surface area (Å²) in [5, 5.41) is 9.91. The molecule has 24 heavy (non-hydrogen) atoms. The molecule has 1 heterocycles. The predicted octanol–water partition coefficient (Wildman–Crippen LogP) is 1.11. The highest BCUT2D eigenvalue weighted by molar-refractivity contribution is 6.30. The van der Waals surface area contributed by atoms with Crippen LogP contribution in [-0.4, -0.2) is 56.1 Å². The lowest BCUT2D eigenvalue weighted by Crippen LogP contribution is -3.16. The number of rotatable bonds is 4. The molecule has 0 bridgehead atoms. The lowest BCUT2D eigenvalue weighted by Gasteiger charge is -2.36. The second-order valence-electron chi connectivity index (χ2n) is 6.97. The van der Waals surface area contributed by atoms with Crippen LogP contribution >= 0.6 is 11.6 Å². The standard InChI is InChI=1S/C18H25ClN4O/c1-14-5-6-15(19)11-16(14)23-9-7-22(8-10-23)12-17(24)21(4)18(2,3)13-20/h5-6,11H,7-10,12H2,1-4H3/p+1. The van der Waals surface area contributed by atoms with E-state index in [0.29, 0.717) is 6.54 Å². The van der Waals surface area contributed by atoms with Gasteiger partial charge in [-0.3, -0.25) is 4.79 Å². The lowest BCUT2D eigenvalue weighted by atomic mass is 10.1. The molecule has 0 atom stereocenters. The van der Waals surface area contributed by atoms with Gasteiger partial charge in [0, 0.05) is 17.8 Å². The highest BCUT2D eigenvalue weighted by Crippen LogP contribution is 2.24. The summed E-state index contributed by atoms with van der Waals surface area (Å²) < 4.78 is 0. The second kappa shape index (κ2) is 7.42. The van der Waals surface area contributed by atoms with Crippen molar-refractivity contribution in [2.24, 2.45) is 0 Å². The van der Waals surface area contributed by atoms with Crippen LogP contribution in [0, 0.1) is 18.3 Å². The Morgan fingerprint density at radius 3 is 2.62 bits per heavy atom. The monoisotopic (exact) mass is 349 g/mol. The second-order valence-corrected chi connectivity index (χ2v) is 7.40. The van der Waals surface area contributed by atoms with Crippen LogP contribution in [-0.2, 0) is 4.79 Å². The normalized spacial score (nSPS) is 15.9. The number of carbonyl (C=O) groups is 1. The maximum atomic E-state index is 12.4. The average Bonchev–Trinajstić information content (AvgIpc) is 2.57. The van der Waals surface area contributed by atoms with Crippen LogP contribution in [0.25, 0.3) is 0 Å². The molecule has 1 aromatic carbocycles. The van der Waals surface area contributed by atoms with E-state index in [0.717, 1.165) is 31.2 Å². The van der Waals surface area contributed by atoms with Crippen molar-refractivity contribution >= 4 is 23.2 Å². The summed E-state index contributed by atoms with van der Waals surface area (Å²) >= 11 is 6.12. The Balaban J connectivity index is 1.93. The first-order valence-electron chi connectivity index (χ1n) is 8.27. The molecule has 6 heteroatoms. The zero-order chi connectivity index (χ0) is 17.9. The van der Waals surface area contributed by atoms with Gasteiger partial charge in [0.1, 0.15) is 5.54 Å². The van der Waals surface area contributed by atoms with Crippen LogP contribution in [0.5, 0.6) is 0 Å². The van der Waals surface area contributed by atoms with Crippen LogP contribution in [0.4, 0.5) is 5.69 Å². The first kappa shape index (κ1) is 18.6. The Bertz CT molecular complexity index is 645. The number of hydrogen-bond donors (Lipinski definition) is 1. The molecule has 0 spiro atoms. The number of amides is 1. The van der Waals surface area contributed by atoms with E-state index in [4.69, 9.17) is 16.9 Å². The zero-order valence-electron chi connectivity index (χ0n) is 14.9. The number of anilines is 1. The van der Waals surface area contributed by atoms with Crippen LogP contribution in [0.3, 0.4) is 0 Å². The van der Waals surface area contributed by atoms with Gasteiger partial charge in [-0.25, -0.2) is 0 Å². The fraction of sp³-hybridized carbons (Fsp3) is 0.556. The molecular weight excluding hydrogens is 324 g/mol. The summed E-state index contributed by atoms with van der Waals surface area (Å²) in [6.07, 6.45) is 0. The van der Waals surface area contributed by atoms with E-state index < -0.39 is 5.54 Å². The number of piperazine rings is 1. The van der Waals surface area contributed by atoms with Crippen molar-refractivity contribution < 1.29 is 9.69 Å². The van der Waals surface area contributed by atoms with Gasteiger partial charge >= 0.3 is 0 Å². The lowest BCUT2D eigenvalue weighted by molar-refractivity contribution is -0.892. The fourth-order valence-corrected chi connectivity index (χ4v) is 3.05. The molecule has 5 nitrogen and oxygen atoms in total. The quantitative estimate of drug-likeness (QED) is 0.886. The smallest absolute Gasteiger partial charge is 0.278 e. The molecule has 1 saturated heterocycles. The summed E-state index contributed by atoms with van der Waals surface area (Å²) in [7, 11) is 1.70. The topological polar surface area (TPSA) is 51.8 Å². The highest BCUT2D eigenvalue weighted by atomic mass is 35.5. The zero-order valence-corrected chi connectivity index (χ0v) is 15.7. The molecule has 1 N–H and O–H groups in total. The number of hydrogen-bond acceptors (Lipinski definition) is 3. The molecule has 1 aliphatic rings. The molecule has 0 saturated carbocycles. The van der Waals surface area contributed by atoms with Crippen LogP contribution in [0.15, 0.2) is 18.2 Å². The molecule has 0 unspecified atom stereocenters. The molecule has 130 valence electrons. The van der Waals surface area contributed by atoms with Crippen molar-refractivity contribution in [3.63, 3.8) is 0 Å². The first-order chi connectivity index (χ1) is 11.2. The summed E-state index contributed by atoms with van der Waals surface area (Å²) in [6.45, 7) is 9.65. The number of nitrogens with zero attached hydrogens (tertiary/aromatic N) is 3. The van der Waals surface area contributed by atoms with Gasteiger partial charge in [0.2, 0.25) is 0 Å². The number of benzene rings is 1. The van der Waals surface area contributed by atoms with E-state index in [9.17, 15) is 4.79 Å². The van der Waals surface area contributed by atoms with E-state index >= 15 is 0 Å². The van der Waals surface area contributed by atoms with Gasteiger partial charge in [0.05, 0.1) is 32.2 Å². The predicted molar refractivity (Wildman–Crippen MR) is 96.4 cm³/mol. The molecule has 1 amide bonds. The van der Waals surface area contributed by atoms with E-state index in [-0.39, 0.29) is 5.91 Å². The van der Waals surface area contributed by atoms with E-state index in [1.807, 2.05) is 18.2 Å². The third-order valence-electron chi connectivity index (χ3n) is 4.87. The minimum Gasteiger partial charge on any atom is -0.360 e. The maximum absolute atomic E-state index is 12.4. The Morgan fingerprint density at radius 2 is 2.04 bits per heavy atom. The summed E-state index contributed by atoms with van der Waals surface area (Å²) in [4.78, 5) is 17.5. The number of halogens is 1. The molecule has 1 aliphatic heterocycles. The van der Waals surface area contributed by atoms with Crippen molar-refractivity contribution in [1.82, 2.24) is 4.90 Å². The summed E-state index contributed by atoms with van der Waals surface area (Å²) in [5.74, 6) is 0.0175.